The van der Waals surface area contributed by atoms with Crippen molar-refractivity contribution in [3.8, 4) is 0 Å². The molecule has 1 rings (SSSR count). The first-order valence-electron chi connectivity index (χ1n) is 4.42. The normalized spacial score (nSPS) is 11.9. The first kappa shape index (κ1) is 10.2. The summed E-state index contributed by atoms with van der Waals surface area (Å²) >= 11 is 0. The second-order valence-corrected chi connectivity index (χ2v) is 3.81. The summed E-state index contributed by atoms with van der Waals surface area (Å²) in [6.45, 7) is 5.90. The van der Waals surface area contributed by atoms with Crippen LogP contribution in [0.15, 0.2) is 18.5 Å². The minimum absolute atomic E-state index is 0.246. The standard InChI is InChI=1S/C9H17N3O/c1-9(2,10)8-13-7-6-12-5-3-4-11-12/h3-5H,6-8,10H2,1-2H3. The van der Waals surface area contributed by atoms with Gasteiger partial charge in [0, 0.05) is 17.9 Å². The molecule has 0 amide bonds. The summed E-state index contributed by atoms with van der Waals surface area (Å²) in [5, 5.41) is 4.06. The van der Waals surface area contributed by atoms with Gasteiger partial charge in [0.25, 0.3) is 0 Å². The minimum Gasteiger partial charge on any atom is -0.378 e. The van der Waals surface area contributed by atoms with E-state index < -0.39 is 0 Å². The zero-order chi connectivity index (χ0) is 9.73. The van der Waals surface area contributed by atoms with Crippen molar-refractivity contribution in [1.82, 2.24) is 9.78 Å². The second kappa shape index (κ2) is 4.39. The predicted molar refractivity (Wildman–Crippen MR) is 51.3 cm³/mol. The molecule has 1 aromatic heterocycles. The lowest BCUT2D eigenvalue weighted by Gasteiger charge is -2.17. The smallest absolute Gasteiger partial charge is 0.0663 e. The summed E-state index contributed by atoms with van der Waals surface area (Å²) in [6.07, 6.45) is 3.67. The molecule has 4 nitrogen and oxygen atoms in total. The molecule has 0 saturated carbocycles. The van der Waals surface area contributed by atoms with Crippen LogP contribution in [-0.2, 0) is 11.3 Å². The fourth-order valence-corrected chi connectivity index (χ4v) is 0.926. The Morgan fingerprint density at radius 3 is 2.85 bits per heavy atom. The van der Waals surface area contributed by atoms with Crippen LogP contribution in [0.1, 0.15) is 13.8 Å². The molecule has 0 aliphatic carbocycles. The average Bonchev–Trinajstić information content (AvgIpc) is 2.48. The monoisotopic (exact) mass is 183 g/mol. The van der Waals surface area contributed by atoms with Gasteiger partial charge in [-0.05, 0) is 19.9 Å². The van der Waals surface area contributed by atoms with E-state index in [1.54, 1.807) is 6.20 Å². The van der Waals surface area contributed by atoms with Gasteiger partial charge in [-0.2, -0.15) is 5.10 Å². The van der Waals surface area contributed by atoms with Crippen LogP contribution in [0, 0.1) is 0 Å². The highest BCUT2D eigenvalue weighted by molar-refractivity contribution is 4.77. The Bertz CT molecular complexity index is 226. The van der Waals surface area contributed by atoms with E-state index >= 15 is 0 Å². The molecule has 0 fully saturated rings. The molecule has 0 radical (unpaired) electrons. The van der Waals surface area contributed by atoms with Crippen LogP contribution in [0.4, 0.5) is 0 Å². The summed E-state index contributed by atoms with van der Waals surface area (Å²) in [5.74, 6) is 0. The molecule has 0 aromatic carbocycles. The number of aromatic nitrogens is 2. The second-order valence-electron chi connectivity index (χ2n) is 3.81. The zero-order valence-corrected chi connectivity index (χ0v) is 8.23. The molecular formula is C9H17N3O. The molecule has 2 N–H and O–H groups in total. The molecule has 0 bridgehead atoms. The molecule has 0 saturated heterocycles. The summed E-state index contributed by atoms with van der Waals surface area (Å²) < 4.78 is 7.22. The lowest BCUT2D eigenvalue weighted by atomic mass is 10.1. The number of ether oxygens (including phenoxy) is 1. The Morgan fingerprint density at radius 2 is 2.31 bits per heavy atom. The highest BCUT2D eigenvalue weighted by atomic mass is 16.5. The third-order valence-electron chi connectivity index (χ3n) is 1.50. The number of hydrogen-bond acceptors (Lipinski definition) is 3. The largest absolute Gasteiger partial charge is 0.378 e. The maximum Gasteiger partial charge on any atom is 0.0663 e. The fraction of sp³-hybridized carbons (Fsp3) is 0.667. The Kier molecular flexibility index (Phi) is 3.45. The highest BCUT2D eigenvalue weighted by Crippen LogP contribution is 1.96. The summed E-state index contributed by atoms with van der Waals surface area (Å²) in [4.78, 5) is 0. The van der Waals surface area contributed by atoms with E-state index in [9.17, 15) is 0 Å². The summed E-state index contributed by atoms with van der Waals surface area (Å²) in [6, 6.07) is 1.90. The van der Waals surface area contributed by atoms with Gasteiger partial charge in [-0.25, -0.2) is 0 Å². The Balaban J connectivity index is 2.09. The van der Waals surface area contributed by atoms with E-state index in [1.165, 1.54) is 0 Å². The van der Waals surface area contributed by atoms with Crippen molar-refractivity contribution in [2.45, 2.75) is 25.9 Å². The van der Waals surface area contributed by atoms with Crippen LogP contribution in [-0.4, -0.2) is 28.5 Å². The first-order chi connectivity index (χ1) is 6.08. The lowest BCUT2D eigenvalue weighted by Crippen LogP contribution is -2.37. The highest BCUT2D eigenvalue weighted by Gasteiger charge is 2.09. The van der Waals surface area contributed by atoms with Crippen molar-refractivity contribution in [3.05, 3.63) is 18.5 Å². The molecular weight excluding hydrogens is 166 g/mol. The van der Waals surface area contributed by atoms with Gasteiger partial charge in [0.1, 0.15) is 0 Å². The predicted octanol–water partition coefficient (Wildman–Crippen LogP) is 0.637. The van der Waals surface area contributed by atoms with E-state index in [1.807, 2.05) is 30.8 Å². The number of nitrogens with two attached hydrogens (primary N) is 1. The van der Waals surface area contributed by atoms with E-state index in [-0.39, 0.29) is 5.54 Å². The van der Waals surface area contributed by atoms with Crippen molar-refractivity contribution < 1.29 is 4.74 Å². The third kappa shape index (κ3) is 4.65. The molecule has 13 heavy (non-hydrogen) atoms. The van der Waals surface area contributed by atoms with Crippen molar-refractivity contribution in [1.29, 1.82) is 0 Å². The molecule has 0 unspecified atom stereocenters. The topological polar surface area (TPSA) is 53.1 Å². The number of hydrogen-bond donors (Lipinski definition) is 1. The average molecular weight is 183 g/mol. The van der Waals surface area contributed by atoms with Gasteiger partial charge in [0.15, 0.2) is 0 Å². The minimum atomic E-state index is -0.246. The van der Waals surface area contributed by atoms with Crippen molar-refractivity contribution in [2.24, 2.45) is 5.73 Å². The molecule has 0 atom stereocenters. The molecule has 0 aliphatic heterocycles. The van der Waals surface area contributed by atoms with Gasteiger partial charge in [-0.1, -0.05) is 0 Å². The van der Waals surface area contributed by atoms with Gasteiger partial charge in [-0.15, -0.1) is 0 Å². The SMILES string of the molecule is CC(C)(N)COCCn1cccn1. The van der Waals surface area contributed by atoms with Crippen LogP contribution in [0.2, 0.25) is 0 Å². The zero-order valence-electron chi connectivity index (χ0n) is 8.23. The molecule has 74 valence electrons. The molecule has 1 heterocycles. The van der Waals surface area contributed by atoms with Crippen LogP contribution < -0.4 is 5.73 Å². The maximum absolute atomic E-state index is 5.75. The Labute approximate surface area is 78.7 Å². The van der Waals surface area contributed by atoms with E-state index in [0.29, 0.717) is 13.2 Å². The van der Waals surface area contributed by atoms with E-state index in [0.717, 1.165) is 6.54 Å². The summed E-state index contributed by atoms with van der Waals surface area (Å²) in [5.41, 5.74) is 5.50. The first-order valence-corrected chi connectivity index (χ1v) is 4.42. The molecule has 4 heteroatoms. The van der Waals surface area contributed by atoms with Gasteiger partial charge < -0.3 is 10.5 Å². The van der Waals surface area contributed by atoms with Gasteiger partial charge in [0.05, 0.1) is 19.8 Å². The van der Waals surface area contributed by atoms with Gasteiger partial charge >= 0.3 is 0 Å². The Morgan fingerprint density at radius 1 is 1.54 bits per heavy atom. The van der Waals surface area contributed by atoms with Crippen LogP contribution in [0.25, 0.3) is 0 Å². The quantitative estimate of drug-likeness (QED) is 0.681. The summed E-state index contributed by atoms with van der Waals surface area (Å²) in [7, 11) is 0. The molecule has 1 aromatic rings. The lowest BCUT2D eigenvalue weighted by molar-refractivity contribution is 0.0892. The third-order valence-corrected chi connectivity index (χ3v) is 1.50. The molecule has 0 aliphatic rings. The van der Waals surface area contributed by atoms with Crippen molar-refractivity contribution in [2.75, 3.05) is 13.2 Å². The Hall–Kier alpha value is -0.870. The van der Waals surface area contributed by atoms with Crippen molar-refractivity contribution >= 4 is 0 Å². The van der Waals surface area contributed by atoms with Crippen LogP contribution in [0.5, 0.6) is 0 Å². The van der Waals surface area contributed by atoms with Crippen LogP contribution >= 0.6 is 0 Å². The van der Waals surface area contributed by atoms with Gasteiger partial charge in [-0.3, -0.25) is 4.68 Å². The molecule has 0 spiro atoms. The van der Waals surface area contributed by atoms with E-state index in [4.69, 9.17) is 10.5 Å². The maximum atomic E-state index is 5.75. The number of rotatable bonds is 5. The van der Waals surface area contributed by atoms with Crippen LogP contribution in [0.3, 0.4) is 0 Å². The van der Waals surface area contributed by atoms with Gasteiger partial charge in [0.2, 0.25) is 0 Å². The van der Waals surface area contributed by atoms with E-state index in [2.05, 4.69) is 5.10 Å². The number of nitrogens with zero attached hydrogens (tertiary/aromatic N) is 2. The van der Waals surface area contributed by atoms with Crippen molar-refractivity contribution in [3.63, 3.8) is 0 Å². The fourth-order valence-electron chi connectivity index (χ4n) is 0.926.